The van der Waals surface area contributed by atoms with Crippen LogP contribution in [0.1, 0.15) is 0 Å². The van der Waals surface area contributed by atoms with Crippen molar-refractivity contribution >= 4 is 97.1 Å². The van der Waals surface area contributed by atoms with Gasteiger partial charge in [-0.05, 0) is 277 Å². The van der Waals surface area contributed by atoms with E-state index in [1.807, 2.05) is 91.5 Å². The standard InChI is InChI=1S/C45H27N.C35H21N3.C34H20N2/c1-2-7-29-20-32(13-12-28(29)6-1)33-14-15-35-22-36(17-16-34(35)21-33)37-23-38(27-46-26-37)39-18-19-42-44-25-31-9-4-3-8-30(31)24-43(44)41-11-5-10-40(39)45(41)42;1-3-10-22(11-4-1)33-36-34(23-12-5-2-6-13-23)38-35(37-33)29-19-18-28-31-21-25-15-8-7-14-24(25)20-30(31)27-17-9-16-26(29)32(27)28;1-2-6-23-18-31-29-13-12-26(27-8-3-9-28(34(27)29)30(31)17-22(23)5-1)33-20-25(14-16-36-33)24-11-10-21-7-4-15-35-32(21)19-24/h1-27H;1-21H;1-20H. The highest BCUT2D eigenvalue weighted by atomic mass is 15.0. The molecule has 0 atom stereocenters. The minimum atomic E-state index is 0.673. The maximum atomic E-state index is 5.00. The lowest BCUT2D eigenvalue weighted by molar-refractivity contribution is 1.08. The summed E-state index contributed by atoms with van der Waals surface area (Å²) in [4.78, 5) is 29.0. The predicted molar refractivity (Wildman–Crippen MR) is 500 cm³/mol. The second-order valence-electron chi connectivity index (χ2n) is 31.6. The Morgan fingerprint density at radius 1 is 0.158 bits per heavy atom. The number of rotatable bonds is 8. The fourth-order valence-corrected chi connectivity index (χ4v) is 18.9. The summed E-state index contributed by atoms with van der Waals surface area (Å²) in [5, 5.41) is 21.4. The van der Waals surface area contributed by atoms with E-state index in [0.29, 0.717) is 17.5 Å². The van der Waals surface area contributed by atoms with Crippen molar-refractivity contribution < 1.29 is 0 Å². The Bertz CT molecular complexity index is 8030. The van der Waals surface area contributed by atoms with Gasteiger partial charge in [0, 0.05) is 63.6 Å². The van der Waals surface area contributed by atoms with Crippen molar-refractivity contribution in [2.75, 3.05) is 0 Å². The van der Waals surface area contributed by atoms with E-state index in [9.17, 15) is 0 Å². The number of pyridine rings is 3. The summed E-state index contributed by atoms with van der Waals surface area (Å²) in [6.45, 7) is 0. The fraction of sp³-hybridized carbons (Fsp3) is 0. The molecular formula is C114H68N6. The lowest BCUT2D eigenvalue weighted by Gasteiger charge is -2.11. The Hall–Kier alpha value is -16.0. The number of nitrogens with zero attached hydrogens (tertiary/aromatic N) is 6. The first-order valence-electron chi connectivity index (χ1n) is 40.9. The molecule has 0 amide bonds. The van der Waals surface area contributed by atoms with Gasteiger partial charge in [0.05, 0.1) is 11.2 Å². The number of benzene rings is 19. The zero-order chi connectivity index (χ0) is 78.9. The third-order valence-electron chi connectivity index (χ3n) is 24.7. The summed E-state index contributed by atoms with van der Waals surface area (Å²) < 4.78 is 0. The van der Waals surface area contributed by atoms with Crippen molar-refractivity contribution in [3.8, 4) is 157 Å². The second-order valence-corrected chi connectivity index (χ2v) is 31.6. The van der Waals surface area contributed by atoms with Gasteiger partial charge in [-0.2, -0.15) is 0 Å². The van der Waals surface area contributed by atoms with Crippen molar-refractivity contribution in [3.05, 3.63) is 413 Å². The van der Waals surface area contributed by atoms with Crippen LogP contribution in [0.5, 0.6) is 0 Å². The van der Waals surface area contributed by atoms with Crippen molar-refractivity contribution in [3.63, 3.8) is 0 Å². The molecule has 6 heteroatoms. The third kappa shape index (κ3) is 11.6. The molecule has 23 aromatic rings. The topological polar surface area (TPSA) is 77.3 Å². The van der Waals surface area contributed by atoms with Gasteiger partial charge in [0.2, 0.25) is 0 Å². The highest BCUT2D eigenvalue weighted by Gasteiger charge is 2.28. The van der Waals surface area contributed by atoms with Gasteiger partial charge >= 0.3 is 0 Å². The molecule has 0 radical (unpaired) electrons. The second kappa shape index (κ2) is 27.9. The van der Waals surface area contributed by atoms with Gasteiger partial charge in [-0.25, -0.2) is 15.0 Å². The smallest absolute Gasteiger partial charge is 0.164 e. The van der Waals surface area contributed by atoms with Gasteiger partial charge < -0.3 is 0 Å². The average molecular weight is 1520 g/mol. The van der Waals surface area contributed by atoms with E-state index in [0.717, 1.165) is 66.5 Å². The molecule has 0 bridgehead atoms. The van der Waals surface area contributed by atoms with Crippen molar-refractivity contribution in [1.29, 1.82) is 0 Å². The molecule has 0 unspecified atom stereocenters. The Labute approximate surface area is 692 Å². The van der Waals surface area contributed by atoms with E-state index in [2.05, 4.69) is 327 Å². The minimum Gasteiger partial charge on any atom is -0.263 e. The first-order chi connectivity index (χ1) is 59.4. The fourth-order valence-electron chi connectivity index (χ4n) is 18.9. The van der Waals surface area contributed by atoms with E-state index in [-0.39, 0.29) is 0 Å². The quantitative estimate of drug-likeness (QED) is 0.151. The van der Waals surface area contributed by atoms with Gasteiger partial charge in [-0.1, -0.05) is 297 Å². The molecule has 26 rings (SSSR count). The number of hydrogen-bond acceptors (Lipinski definition) is 6. The molecule has 554 valence electrons. The summed E-state index contributed by atoms with van der Waals surface area (Å²) >= 11 is 0. The van der Waals surface area contributed by atoms with E-state index < -0.39 is 0 Å². The SMILES string of the molecule is c1ccc(-c2nc(-c3ccccc3)nc(-c3ccc4c5c(cccc35)-c3cc5ccccc5cc3-4)n2)cc1.c1ccc2cc(-c3ccc4cc(-c5cncc(-c6ccc7c8c(cccc68)-c6cc8ccccc8cc6-7)c5)ccc4c3)ccc2c1.c1ccc2cc3c(cc2c1)-c1cccc2c(-c4cc(-c5ccc6cccnc6c5)ccn4)ccc-3c12. The first kappa shape index (κ1) is 68.4. The molecule has 0 fully saturated rings. The normalized spacial score (nSPS) is 11.8. The molecule has 6 nitrogen and oxygen atoms in total. The summed E-state index contributed by atoms with van der Waals surface area (Å²) in [7, 11) is 0. The largest absolute Gasteiger partial charge is 0.263 e. The molecule has 0 saturated heterocycles. The highest BCUT2D eigenvalue weighted by Crippen LogP contribution is 2.54. The number of fused-ring (bicyclic) bond motifs is 15. The Morgan fingerprint density at radius 2 is 0.508 bits per heavy atom. The van der Waals surface area contributed by atoms with Crippen LogP contribution in [-0.4, -0.2) is 29.9 Å². The maximum absolute atomic E-state index is 5.00. The summed E-state index contributed by atoms with van der Waals surface area (Å²) in [5.41, 5.74) is 31.1. The van der Waals surface area contributed by atoms with Crippen LogP contribution in [0.3, 0.4) is 0 Å². The third-order valence-corrected chi connectivity index (χ3v) is 24.7. The van der Waals surface area contributed by atoms with Crippen LogP contribution in [0.2, 0.25) is 0 Å². The summed E-state index contributed by atoms with van der Waals surface area (Å²) in [6, 6.07) is 139. The highest BCUT2D eigenvalue weighted by molar-refractivity contribution is 6.23. The summed E-state index contributed by atoms with van der Waals surface area (Å²) in [6.07, 6.45) is 7.74. The van der Waals surface area contributed by atoms with Crippen molar-refractivity contribution in [2.24, 2.45) is 0 Å². The van der Waals surface area contributed by atoms with Gasteiger partial charge in [-0.3, -0.25) is 15.0 Å². The Morgan fingerprint density at radius 3 is 1.01 bits per heavy atom. The van der Waals surface area contributed by atoms with Crippen LogP contribution in [0.15, 0.2) is 413 Å². The molecule has 0 N–H and O–H groups in total. The maximum Gasteiger partial charge on any atom is 0.164 e. The van der Waals surface area contributed by atoms with E-state index >= 15 is 0 Å². The molecule has 19 aromatic carbocycles. The first-order valence-corrected chi connectivity index (χ1v) is 40.9. The monoisotopic (exact) mass is 1520 g/mol. The van der Waals surface area contributed by atoms with E-state index in [4.69, 9.17) is 24.9 Å². The van der Waals surface area contributed by atoms with Crippen molar-refractivity contribution in [2.45, 2.75) is 0 Å². The van der Waals surface area contributed by atoms with Crippen LogP contribution in [-0.2, 0) is 0 Å². The molecule has 120 heavy (non-hydrogen) atoms. The molecule has 0 aliphatic heterocycles. The molecule has 4 aromatic heterocycles. The van der Waals surface area contributed by atoms with Gasteiger partial charge in [-0.15, -0.1) is 0 Å². The van der Waals surface area contributed by atoms with E-state index in [1.165, 1.54) is 170 Å². The number of hydrogen-bond donors (Lipinski definition) is 0. The molecule has 0 saturated carbocycles. The van der Waals surface area contributed by atoms with Crippen LogP contribution >= 0.6 is 0 Å². The molecule has 0 spiro atoms. The van der Waals surface area contributed by atoms with Gasteiger partial charge in [0.1, 0.15) is 0 Å². The molecule has 3 aliphatic carbocycles. The summed E-state index contributed by atoms with van der Waals surface area (Å²) in [5.74, 6) is 2.03. The number of aromatic nitrogens is 6. The lowest BCUT2D eigenvalue weighted by Crippen LogP contribution is -2.00. The van der Waals surface area contributed by atoms with Crippen molar-refractivity contribution in [1.82, 2.24) is 29.9 Å². The average Bonchev–Trinajstić information content (AvgIpc) is 1.58. The van der Waals surface area contributed by atoms with Gasteiger partial charge in [0.25, 0.3) is 0 Å². The van der Waals surface area contributed by atoms with E-state index in [1.54, 1.807) is 0 Å². The minimum absolute atomic E-state index is 0.673. The molecule has 4 heterocycles. The Kier molecular flexibility index (Phi) is 15.9. The van der Waals surface area contributed by atoms with Crippen LogP contribution in [0.25, 0.3) is 254 Å². The zero-order valence-electron chi connectivity index (χ0n) is 64.9. The molecular weight excluding hydrogens is 1450 g/mol. The Balaban J connectivity index is 0.000000103. The lowest BCUT2D eigenvalue weighted by atomic mass is 9.93. The van der Waals surface area contributed by atoms with Gasteiger partial charge in [0.15, 0.2) is 17.5 Å². The molecule has 3 aliphatic rings. The predicted octanol–water partition coefficient (Wildman–Crippen LogP) is 30.1. The van der Waals surface area contributed by atoms with Crippen LogP contribution < -0.4 is 0 Å². The van der Waals surface area contributed by atoms with Crippen LogP contribution in [0, 0.1) is 0 Å². The van der Waals surface area contributed by atoms with Crippen LogP contribution in [0.4, 0.5) is 0 Å². The zero-order valence-corrected chi connectivity index (χ0v) is 64.9.